The monoisotopic (exact) mass is 118 g/mol. The number of hydrogen-bond acceptors (Lipinski definition) is 2. The van der Waals surface area contributed by atoms with Gasteiger partial charge >= 0.3 is 0 Å². The molecule has 0 aliphatic carbocycles. The molecule has 1 heterocycles. The normalized spacial score (nSPS) is 40.3. The van der Waals surface area contributed by atoms with E-state index in [-0.39, 0.29) is 5.60 Å². The Morgan fingerprint density at radius 1 is 1.86 bits per heavy atom. The van der Waals surface area contributed by atoms with E-state index in [0.29, 0.717) is 0 Å². The van der Waals surface area contributed by atoms with Crippen LogP contribution in [0.1, 0.15) is 13.3 Å². The predicted molar refractivity (Wildman–Crippen MR) is 32.8 cm³/mol. The van der Waals surface area contributed by atoms with E-state index in [1.54, 1.807) is 0 Å². The molecule has 1 saturated heterocycles. The van der Waals surface area contributed by atoms with Gasteiger partial charge in [0, 0.05) is 12.2 Å². The molecule has 0 amide bonds. The van der Waals surface area contributed by atoms with Crippen molar-refractivity contribution in [2.75, 3.05) is 12.4 Å². The molecule has 1 nitrogen and oxygen atoms in total. The zero-order valence-corrected chi connectivity index (χ0v) is 5.37. The van der Waals surface area contributed by atoms with E-state index in [2.05, 4.69) is 19.6 Å². The van der Waals surface area contributed by atoms with E-state index in [1.807, 2.05) is 0 Å². The topological polar surface area (TPSA) is 9.23 Å². The van der Waals surface area contributed by atoms with Crippen LogP contribution in [-0.2, 0) is 4.74 Å². The Balaban J connectivity index is 2.29. The molecular formula is C5H10OS. The predicted octanol–water partition coefficient (Wildman–Crippen LogP) is 1.10. The molecule has 1 atom stereocenters. The third kappa shape index (κ3) is 0.916. The molecule has 1 aliphatic rings. The van der Waals surface area contributed by atoms with Crippen LogP contribution in [0.4, 0.5) is 0 Å². The van der Waals surface area contributed by atoms with Gasteiger partial charge in [-0.1, -0.05) is 0 Å². The Hall–Kier alpha value is 0.310. The summed E-state index contributed by atoms with van der Waals surface area (Å²) in [7, 11) is 0. The van der Waals surface area contributed by atoms with E-state index < -0.39 is 0 Å². The first kappa shape index (κ1) is 5.45. The van der Waals surface area contributed by atoms with Gasteiger partial charge in [0.05, 0.1) is 12.2 Å². The quantitative estimate of drug-likeness (QED) is 0.507. The Labute approximate surface area is 49.5 Å². The highest BCUT2D eigenvalue weighted by atomic mass is 32.1. The zero-order valence-electron chi connectivity index (χ0n) is 4.48. The molecule has 0 bridgehead atoms. The molecular weight excluding hydrogens is 108 g/mol. The summed E-state index contributed by atoms with van der Waals surface area (Å²) in [5.74, 6) is 0.854. The lowest BCUT2D eigenvalue weighted by Crippen LogP contribution is -2.42. The van der Waals surface area contributed by atoms with E-state index in [4.69, 9.17) is 4.74 Å². The summed E-state index contributed by atoms with van der Waals surface area (Å²) in [6.45, 7) is 3.01. The number of rotatable bonds is 1. The molecule has 0 saturated carbocycles. The second-order valence-corrected chi connectivity index (χ2v) is 2.52. The summed E-state index contributed by atoms with van der Waals surface area (Å²) in [5.41, 5.74) is 0.128. The molecule has 0 N–H and O–H groups in total. The molecule has 0 aromatic heterocycles. The highest BCUT2D eigenvalue weighted by Crippen LogP contribution is 2.25. The smallest absolute Gasteiger partial charge is 0.0763 e. The Morgan fingerprint density at radius 3 is 2.43 bits per heavy atom. The van der Waals surface area contributed by atoms with Crippen molar-refractivity contribution in [2.24, 2.45) is 0 Å². The highest BCUT2D eigenvalue weighted by molar-refractivity contribution is 7.80. The van der Waals surface area contributed by atoms with Crippen LogP contribution in [0.2, 0.25) is 0 Å². The molecule has 1 unspecified atom stereocenters. The lowest BCUT2D eigenvalue weighted by atomic mass is 10.0. The van der Waals surface area contributed by atoms with E-state index in [1.165, 1.54) is 6.42 Å². The average Bonchev–Trinajstić information content (AvgIpc) is 1.61. The second-order valence-electron chi connectivity index (χ2n) is 2.21. The Morgan fingerprint density at radius 2 is 2.43 bits per heavy atom. The minimum absolute atomic E-state index is 0.128. The van der Waals surface area contributed by atoms with Gasteiger partial charge in [-0.05, 0) is 6.92 Å². The average molecular weight is 118 g/mol. The maximum absolute atomic E-state index is 5.19. The van der Waals surface area contributed by atoms with E-state index >= 15 is 0 Å². The van der Waals surface area contributed by atoms with Crippen LogP contribution in [0.3, 0.4) is 0 Å². The summed E-state index contributed by atoms with van der Waals surface area (Å²) in [6, 6.07) is 0. The summed E-state index contributed by atoms with van der Waals surface area (Å²) in [6.07, 6.45) is 1.18. The summed E-state index contributed by atoms with van der Waals surface area (Å²) >= 11 is 4.11. The van der Waals surface area contributed by atoms with E-state index in [9.17, 15) is 0 Å². The molecule has 0 radical (unpaired) electrons. The zero-order chi connectivity index (χ0) is 5.33. The van der Waals surface area contributed by atoms with Gasteiger partial charge in [0.25, 0.3) is 0 Å². The van der Waals surface area contributed by atoms with Crippen molar-refractivity contribution in [1.82, 2.24) is 0 Å². The van der Waals surface area contributed by atoms with Gasteiger partial charge in [-0.3, -0.25) is 0 Å². The first-order valence-corrected chi connectivity index (χ1v) is 3.15. The maximum atomic E-state index is 5.19. The summed E-state index contributed by atoms with van der Waals surface area (Å²) in [5, 5.41) is 0. The maximum Gasteiger partial charge on any atom is 0.0763 e. The summed E-state index contributed by atoms with van der Waals surface area (Å²) in [4.78, 5) is 0. The second kappa shape index (κ2) is 1.67. The minimum atomic E-state index is 0.128. The Bertz CT molecular complexity index is 63.0. The van der Waals surface area contributed by atoms with Gasteiger partial charge in [-0.15, -0.1) is 0 Å². The minimum Gasteiger partial charge on any atom is -0.374 e. The van der Waals surface area contributed by atoms with Crippen molar-refractivity contribution in [1.29, 1.82) is 0 Å². The fourth-order valence-electron chi connectivity index (χ4n) is 0.575. The van der Waals surface area contributed by atoms with Crippen molar-refractivity contribution < 1.29 is 4.74 Å². The first-order chi connectivity index (χ1) is 3.27. The van der Waals surface area contributed by atoms with Crippen LogP contribution in [0, 0.1) is 0 Å². The summed E-state index contributed by atoms with van der Waals surface area (Å²) < 4.78 is 5.19. The van der Waals surface area contributed by atoms with Crippen LogP contribution < -0.4 is 0 Å². The lowest BCUT2D eigenvalue weighted by molar-refractivity contribution is -0.116. The molecule has 1 aliphatic heterocycles. The number of ether oxygens (including phenoxy) is 1. The van der Waals surface area contributed by atoms with Crippen LogP contribution >= 0.6 is 12.6 Å². The SMILES string of the molecule is CC1(CS)CCO1. The standard InChI is InChI=1S/C5H10OS/c1-5(4-7)2-3-6-5/h7H,2-4H2,1H3. The van der Waals surface area contributed by atoms with Gasteiger partial charge in [-0.2, -0.15) is 12.6 Å². The molecule has 0 aromatic carbocycles. The van der Waals surface area contributed by atoms with Crippen molar-refractivity contribution in [2.45, 2.75) is 18.9 Å². The van der Waals surface area contributed by atoms with Crippen molar-refractivity contribution in [3.8, 4) is 0 Å². The number of thiol groups is 1. The first-order valence-electron chi connectivity index (χ1n) is 2.52. The molecule has 2 heteroatoms. The molecule has 1 rings (SSSR count). The van der Waals surface area contributed by atoms with Gasteiger partial charge in [0.15, 0.2) is 0 Å². The van der Waals surface area contributed by atoms with Crippen LogP contribution in [0.15, 0.2) is 0 Å². The van der Waals surface area contributed by atoms with Crippen LogP contribution in [0.5, 0.6) is 0 Å². The number of hydrogen-bond donors (Lipinski definition) is 1. The third-order valence-electron chi connectivity index (χ3n) is 1.42. The fraction of sp³-hybridized carbons (Fsp3) is 1.00. The van der Waals surface area contributed by atoms with Crippen molar-refractivity contribution >= 4 is 12.6 Å². The highest BCUT2D eigenvalue weighted by Gasteiger charge is 2.30. The van der Waals surface area contributed by atoms with Gasteiger partial charge in [0.2, 0.25) is 0 Å². The van der Waals surface area contributed by atoms with Crippen LogP contribution in [-0.4, -0.2) is 18.0 Å². The van der Waals surface area contributed by atoms with Gasteiger partial charge in [0.1, 0.15) is 0 Å². The van der Waals surface area contributed by atoms with Gasteiger partial charge in [-0.25, -0.2) is 0 Å². The van der Waals surface area contributed by atoms with Gasteiger partial charge < -0.3 is 4.74 Å². The van der Waals surface area contributed by atoms with Crippen molar-refractivity contribution in [3.05, 3.63) is 0 Å². The largest absolute Gasteiger partial charge is 0.374 e. The molecule has 1 fully saturated rings. The molecule has 42 valence electrons. The Kier molecular flexibility index (Phi) is 1.30. The molecule has 0 aromatic rings. The third-order valence-corrected chi connectivity index (χ3v) is 2.08. The fourth-order valence-corrected chi connectivity index (χ4v) is 0.825. The van der Waals surface area contributed by atoms with Crippen LogP contribution in [0.25, 0.3) is 0 Å². The van der Waals surface area contributed by atoms with Crippen molar-refractivity contribution in [3.63, 3.8) is 0 Å². The van der Waals surface area contributed by atoms with E-state index in [0.717, 1.165) is 12.4 Å². The molecule has 0 spiro atoms. The lowest BCUT2D eigenvalue weighted by Gasteiger charge is -2.37. The molecule has 7 heavy (non-hydrogen) atoms.